The molecule has 0 unspecified atom stereocenters. The van der Waals surface area contributed by atoms with Gasteiger partial charge in [-0.25, -0.2) is 13.8 Å². The number of nitrogens with one attached hydrogen (secondary N) is 1. The summed E-state index contributed by atoms with van der Waals surface area (Å²) in [5.74, 6) is -2.22. The van der Waals surface area contributed by atoms with E-state index in [1.165, 1.54) is 21.8 Å². The van der Waals surface area contributed by atoms with Crippen molar-refractivity contribution >= 4 is 27.9 Å². The van der Waals surface area contributed by atoms with Crippen molar-refractivity contribution in [2.75, 3.05) is 38.0 Å². The second-order valence-corrected chi connectivity index (χ2v) is 7.74. The number of aromatic nitrogens is 2. The number of hydrogen-bond donors (Lipinski definition) is 1. The normalized spacial score (nSPS) is 15.7. The van der Waals surface area contributed by atoms with E-state index in [1.807, 2.05) is 10.3 Å². The summed E-state index contributed by atoms with van der Waals surface area (Å²) in [5, 5.41) is 4.41. The molecule has 7 nitrogen and oxygen atoms in total. The lowest BCUT2D eigenvalue weighted by Crippen LogP contribution is -2.48. The van der Waals surface area contributed by atoms with E-state index in [1.54, 1.807) is 12.3 Å². The topological polar surface area (TPSA) is 70.0 Å². The predicted molar refractivity (Wildman–Crippen MR) is 106 cm³/mol. The van der Waals surface area contributed by atoms with Crippen molar-refractivity contribution in [3.8, 4) is 0 Å². The Bertz CT molecular complexity index is 1090. The molecule has 0 radical (unpaired) electrons. The number of fused-ring (bicyclic) bond motifs is 1. The van der Waals surface area contributed by atoms with Gasteiger partial charge in [0.2, 0.25) is 5.91 Å². The summed E-state index contributed by atoms with van der Waals surface area (Å²) in [7, 11) is 0. The maximum Gasteiger partial charge on any atom is 0.258 e. The molecule has 29 heavy (non-hydrogen) atoms. The van der Waals surface area contributed by atoms with Gasteiger partial charge in [0.1, 0.15) is 0 Å². The van der Waals surface area contributed by atoms with Gasteiger partial charge in [0, 0.05) is 62.1 Å². The van der Waals surface area contributed by atoms with Gasteiger partial charge in [0.15, 0.2) is 16.6 Å². The second kappa shape index (κ2) is 8.36. The van der Waals surface area contributed by atoms with Gasteiger partial charge < -0.3 is 5.32 Å². The Morgan fingerprint density at radius 2 is 1.86 bits per heavy atom. The molecule has 0 atom stereocenters. The van der Waals surface area contributed by atoms with Crippen LogP contribution >= 0.6 is 11.3 Å². The lowest BCUT2D eigenvalue weighted by Gasteiger charge is -2.34. The van der Waals surface area contributed by atoms with Crippen LogP contribution in [-0.2, 0) is 11.3 Å². The predicted octanol–water partition coefficient (Wildman–Crippen LogP) is 1.79. The Kier molecular flexibility index (Phi) is 5.65. The first kappa shape index (κ1) is 19.6. The summed E-state index contributed by atoms with van der Waals surface area (Å²) in [5.41, 5.74) is 0.884. The van der Waals surface area contributed by atoms with Crippen LogP contribution in [0.15, 0.2) is 40.6 Å². The largest absolute Gasteiger partial charge is 0.325 e. The quantitative estimate of drug-likeness (QED) is 0.683. The Labute approximate surface area is 169 Å². The first-order chi connectivity index (χ1) is 14.0. The zero-order chi connectivity index (χ0) is 20.4. The maximum atomic E-state index is 13.2. The van der Waals surface area contributed by atoms with Gasteiger partial charge in [-0.1, -0.05) is 0 Å². The highest BCUT2D eigenvalue weighted by atomic mass is 32.1. The molecule has 3 heterocycles. The third kappa shape index (κ3) is 4.66. The standard InChI is InChI=1S/C19H19F2N5O2S/c20-15-2-1-13(9-16(15)21)22-17(27)12-25-5-3-24(4-6-25)11-14-10-18(28)26-7-8-29-19(26)23-14/h1-2,7-10H,3-6,11-12H2,(H,22,27). The Balaban J connectivity index is 1.28. The highest BCUT2D eigenvalue weighted by molar-refractivity contribution is 7.15. The van der Waals surface area contributed by atoms with Crippen LogP contribution < -0.4 is 10.9 Å². The molecule has 0 saturated carbocycles. The molecule has 0 bridgehead atoms. The molecule has 10 heteroatoms. The molecular weight excluding hydrogens is 400 g/mol. The molecule has 1 amide bonds. The number of benzene rings is 1. The maximum absolute atomic E-state index is 13.2. The van der Waals surface area contributed by atoms with Gasteiger partial charge in [-0.15, -0.1) is 11.3 Å². The Morgan fingerprint density at radius 3 is 2.62 bits per heavy atom. The highest BCUT2D eigenvalue weighted by Gasteiger charge is 2.20. The summed E-state index contributed by atoms with van der Waals surface area (Å²) in [6, 6.07) is 4.83. The summed E-state index contributed by atoms with van der Waals surface area (Å²) in [4.78, 5) is 33.6. The summed E-state index contributed by atoms with van der Waals surface area (Å²) in [6.07, 6.45) is 1.71. The number of amides is 1. The monoisotopic (exact) mass is 419 g/mol. The number of nitrogens with zero attached hydrogens (tertiary/aromatic N) is 4. The number of piperazine rings is 1. The van der Waals surface area contributed by atoms with Gasteiger partial charge in [0.25, 0.3) is 5.56 Å². The number of halogens is 2. The van der Waals surface area contributed by atoms with Gasteiger partial charge in [0.05, 0.1) is 12.2 Å². The minimum atomic E-state index is -0.995. The molecule has 1 fully saturated rings. The van der Waals surface area contributed by atoms with E-state index in [0.29, 0.717) is 24.6 Å². The lowest BCUT2D eigenvalue weighted by molar-refractivity contribution is -0.117. The highest BCUT2D eigenvalue weighted by Crippen LogP contribution is 2.14. The van der Waals surface area contributed by atoms with Crippen LogP contribution in [-0.4, -0.2) is 57.8 Å². The number of thiazole rings is 1. The van der Waals surface area contributed by atoms with Crippen molar-refractivity contribution in [3.05, 3.63) is 63.5 Å². The summed E-state index contributed by atoms with van der Waals surface area (Å²) in [6.45, 7) is 3.61. The molecular formula is C19H19F2N5O2S. The van der Waals surface area contributed by atoms with Crippen molar-refractivity contribution < 1.29 is 13.6 Å². The van der Waals surface area contributed by atoms with E-state index in [2.05, 4.69) is 15.2 Å². The number of carbonyl (C=O) groups excluding carboxylic acids is 1. The van der Waals surface area contributed by atoms with Crippen LogP contribution in [0.25, 0.3) is 4.96 Å². The van der Waals surface area contributed by atoms with Gasteiger partial charge in [-0.2, -0.15) is 0 Å². The van der Waals surface area contributed by atoms with E-state index in [-0.39, 0.29) is 23.7 Å². The molecule has 0 aliphatic carbocycles. The van der Waals surface area contributed by atoms with Crippen molar-refractivity contribution in [3.63, 3.8) is 0 Å². The molecule has 1 N–H and O–H groups in total. The third-order valence-electron chi connectivity index (χ3n) is 4.78. The Hall–Kier alpha value is -2.69. The fourth-order valence-corrected chi connectivity index (χ4v) is 4.02. The van der Waals surface area contributed by atoms with E-state index < -0.39 is 11.6 Å². The van der Waals surface area contributed by atoms with Gasteiger partial charge in [-0.05, 0) is 12.1 Å². The lowest BCUT2D eigenvalue weighted by atomic mass is 10.2. The van der Waals surface area contributed by atoms with Crippen LogP contribution in [0.2, 0.25) is 0 Å². The minimum Gasteiger partial charge on any atom is -0.325 e. The van der Waals surface area contributed by atoms with E-state index in [4.69, 9.17) is 0 Å². The van der Waals surface area contributed by atoms with Crippen LogP contribution in [0.1, 0.15) is 5.69 Å². The van der Waals surface area contributed by atoms with Crippen molar-refractivity contribution in [2.24, 2.45) is 0 Å². The minimum absolute atomic E-state index is 0.0845. The van der Waals surface area contributed by atoms with Gasteiger partial charge >= 0.3 is 0 Å². The van der Waals surface area contributed by atoms with Crippen LogP contribution in [0, 0.1) is 11.6 Å². The molecule has 3 aromatic rings. The third-order valence-corrected chi connectivity index (χ3v) is 5.53. The first-order valence-electron chi connectivity index (χ1n) is 9.13. The van der Waals surface area contributed by atoms with E-state index >= 15 is 0 Å². The van der Waals surface area contributed by atoms with E-state index in [9.17, 15) is 18.4 Å². The van der Waals surface area contributed by atoms with Crippen LogP contribution in [0.4, 0.5) is 14.5 Å². The average Bonchev–Trinajstić information content (AvgIpc) is 3.15. The second-order valence-electron chi connectivity index (χ2n) is 6.87. The number of carbonyl (C=O) groups is 1. The molecule has 4 rings (SSSR count). The molecule has 1 saturated heterocycles. The average molecular weight is 419 g/mol. The fourth-order valence-electron chi connectivity index (χ4n) is 3.28. The summed E-state index contributed by atoms with van der Waals surface area (Å²) < 4.78 is 27.7. The van der Waals surface area contributed by atoms with Crippen molar-refractivity contribution in [2.45, 2.75) is 6.54 Å². The molecule has 152 valence electrons. The smallest absolute Gasteiger partial charge is 0.258 e. The van der Waals surface area contributed by atoms with Gasteiger partial charge in [-0.3, -0.25) is 23.8 Å². The number of rotatable bonds is 5. The Morgan fingerprint density at radius 1 is 1.10 bits per heavy atom. The first-order valence-corrected chi connectivity index (χ1v) is 10.0. The zero-order valence-electron chi connectivity index (χ0n) is 15.5. The SMILES string of the molecule is O=C(CN1CCN(Cc2cc(=O)n3ccsc3n2)CC1)Nc1ccc(F)c(F)c1. The fraction of sp³-hybridized carbons (Fsp3) is 0.316. The molecule has 2 aromatic heterocycles. The van der Waals surface area contributed by atoms with Crippen LogP contribution in [0.5, 0.6) is 0 Å². The molecule has 1 aliphatic rings. The number of hydrogen-bond acceptors (Lipinski definition) is 6. The molecule has 0 spiro atoms. The van der Waals surface area contributed by atoms with Crippen LogP contribution in [0.3, 0.4) is 0 Å². The number of anilines is 1. The van der Waals surface area contributed by atoms with E-state index in [0.717, 1.165) is 30.9 Å². The molecule has 1 aliphatic heterocycles. The van der Waals surface area contributed by atoms with Crippen molar-refractivity contribution in [1.82, 2.24) is 19.2 Å². The van der Waals surface area contributed by atoms with Crippen molar-refractivity contribution in [1.29, 1.82) is 0 Å². The molecule has 1 aromatic carbocycles. The zero-order valence-corrected chi connectivity index (χ0v) is 16.3. The summed E-state index contributed by atoms with van der Waals surface area (Å²) >= 11 is 1.42.